The molecule has 0 aliphatic carbocycles. The number of hydrogen-bond donors (Lipinski definition) is 0. The Morgan fingerprint density at radius 2 is 1.38 bits per heavy atom. The predicted octanol–water partition coefficient (Wildman–Crippen LogP) is 1.80. The molecule has 160 valence electrons. The van der Waals surface area contributed by atoms with Gasteiger partial charge in [-0.05, 0) is 62.9 Å². The van der Waals surface area contributed by atoms with Gasteiger partial charge < -0.3 is 0 Å². The van der Waals surface area contributed by atoms with Crippen molar-refractivity contribution in [2.24, 2.45) is 0 Å². The van der Waals surface area contributed by atoms with Crippen molar-refractivity contribution in [3.8, 4) is 0 Å². The minimum Gasteiger partial charge on any atom is -0.282 e. The number of hydrogen-bond acceptors (Lipinski definition) is 4. The van der Waals surface area contributed by atoms with E-state index in [1.54, 1.807) is 51.1 Å². The van der Waals surface area contributed by atoms with Crippen LogP contribution >= 0.6 is 0 Å². The Bertz CT molecular complexity index is 1090. The van der Waals surface area contributed by atoms with E-state index in [0.29, 0.717) is 3.57 Å². The third-order valence-electron chi connectivity index (χ3n) is 4.43. The fraction of sp³-hybridized carbons (Fsp3) is 0.429. The maximum atomic E-state index is 13.1. The van der Waals surface area contributed by atoms with E-state index in [2.05, 4.69) is 2.94 Å². The maximum Gasteiger partial charge on any atom is 0.238 e. The van der Waals surface area contributed by atoms with Crippen LogP contribution in [0.25, 0.3) is 2.94 Å². The second-order valence-corrected chi connectivity index (χ2v) is 16.0. The van der Waals surface area contributed by atoms with E-state index < -0.39 is 46.1 Å². The predicted molar refractivity (Wildman–Crippen MR) is 113 cm³/mol. The Balaban J connectivity index is 2.50. The van der Waals surface area contributed by atoms with Crippen molar-refractivity contribution in [2.75, 3.05) is 0 Å². The zero-order valence-electron chi connectivity index (χ0n) is 17.8. The minimum absolute atomic E-state index is 0.120. The van der Waals surface area contributed by atoms with Gasteiger partial charge in [-0.3, -0.25) is 2.94 Å². The van der Waals surface area contributed by atoms with E-state index in [1.165, 1.54) is 12.1 Å². The van der Waals surface area contributed by atoms with Gasteiger partial charge in [0.25, 0.3) is 0 Å². The van der Waals surface area contributed by atoms with Crippen molar-refractivity contribution in [3.63, 3.8) is 0 Å². The fourth-order valence-corrected chi connectivity index (χ4v) is 8.45. The standard InChI is InChI=1S/C21H28INO4S2/c1-15-8-11-17(12-9-15)29(26,27)23-22-18-14-16(20(2,3)4)10-13-19(18)28(24,25)21(5,6)7/h8-14H,1-7H3. The summed E-state index contributed by atoms with van der Waals surface area (Å²) in [5, 5.41) is 0. The van der Waals surface area contributed by atoms with Gasteiger partial charge in [0.05, 0.1) is 9.64 Å². The highest BCUT2D eigenvalue weighted by Gasteiger charge is 2.36. The van der Waals surface area contributed by atoms with E-state index >= 15 is 0 Å². The average molecular weight is 549 g/mol. The van der Waals surface area contributed by atoms with Crippen LogP contribution in [0.15, 0.2) is 52.3 Å². The lowest BCUT2D eigenvalue weighted by atomic mass is 9.87. The van der Waals surface area contributed by atoms with Gasteiger partial charge in [-0.1, -0.05) is 44.5 Å². The zero-order chi connectivity index (χ0) is 22.3. The van der Waals surface area contributed by atoms with Crippen molar-refractivity contribution in [1.29, 1.82) is 0 Å². The number of sulfone groups is 1. The third kappa shape index (κ3) is 5.59. The van der Waals surface area contributed by atoms with Crippen LogP contribution in [0.4, 0.5) is 0 Å². The Hall–Kier alpha value is -0.970. The van der Waals surface area contributed by atoms with Gasteiger partial charge in [-0.25, -0.2) is 16.8 Å². The lowest BCUT2D eigenvalue weighted by Gasteiger charge is -2.23. The number of rotatable bonds is 5. The first-order valence-corrected chi connectivity index (χ1v) is 14.1. The summed E-state index contributed by atoms with van der Waals surface area (Å²) >= 11 is -1.44. The topological polar surface area (TPSA) is 82.4 Å². The number of nitrogens with zero attached hydrogens (tertiary/aromatic N) is 1. The lowest BCUT2D eigenvalue weighted by Crippen LogP contribution is -3.59. The van der Waals surface area contributed by atoms with Crippen LogP contribution in [0.3, 0.4) is 0 Å². The molecule has 0 saturated heterocycles. The quantitative estimate of drug-likeness (QED) is 0.533. The van der Waals surface area contributed by atoms with E-state index in [-0.39, 0.29) is 15.2 Å². The largest absolute Gasteiger partial charge is 0.282 e. The first-order chi connectivity index (χ1) is 13.1. The van der Waals surface area contributed by atoms with Crippen molar-refractivity contribution in [2.45, 2.75) is 68.4 Å². The van der Waals surface area contributed by atoms with Crippen LogP contribution in [0.1, 0.15) is 52.7 Å². The molecule has 0 aliphatic rings. The molecular formula is C21H28INO4S2. The normalized spacial score (nSPS) is 13.5. The van der Waals surface area contributed by atoms with Gasteiger partial charge in [-0.2, -0.15) is 0 Å². The molecule has 0 heterocycles. The Kier molecular flexibility index (Phi) is 6.94. The first kappa shape index (κ1) is 24.3. The number of benzene rings is 2. The van der Waals surface area contributed by atoms with Crippen LogP contribution in [-0.4, -0.2) is 21.6 Å². The second kappa shape index (κ2) is 8.28. The molecule has 8 heteroatoms. The first-order valence-electron chi connectivity index (χ1n) is 9.13. The number of halogens is 1. The molecule has 0 spiro atoms. The third-order valence-corrected chi connectivity index (χ3v) is 12.0. The molecule has 2 aromatic rings. The summed E-state index contributed by atoms with van der Waals surface area (Å²) in [6.07, 6.45) is 0. The van der Waals surface area contributed by atoms with Gasteiger partial charge in [0.15, 0.2) is 13.4 Å². The molecule has 0 bridgehead atoms. The van der Waals surface area contributed by atoms with Crippen molar-refractivity contribution >= 4 is 19.9 Å². The van der Waals surface area contributed by atoms with E-state index in [9.17, 15) is 16.8 Å². The minimum atomic E-state index is -3.84. The summed E-state index contributed by atoms with van der Waals surface area (Å²) in [7, 11) is -7.48. The van der Waals surface area contributed by atoms with Crippen molar-refractivity contribution in [3.05, 3.63) is 60.1 Å². The SMILES string of the molecule is Cc1ccc(S(=O)(=O)[N-][I+]c2cc(C(C)(C)C)ccc2S(=O)(=O)C(C)(C)C)cc1. The van der Waals surface area contributed by atoms with Gasteiger partial charge in [-0.15, -0.1) is 0 Å². The smallest absolute Gasteiger partial charge is 0.238 e. The highest BCUT2D eigenvalue weighted by molar-refractivity contribution is 7.93. The van der Waals surface area contributed by atoms with Crippen LogP contribution in [-0.2, 0) is 25.3 Å². The molecule has 29 heavy (non-hydrogen) atoms. The van der Waals surface area contributed by atoms with E-state index in [0.717, 1.165) is 11.1 Å². The molecule has 0 aromatic heterocycles. The summed E-state index contributed by atoms with van der Waals surface area (Å²) < 4.78 is 55.1. The van der Waals surface area contributed by atoms with Crippen molar-refractivity contribution in [1.82, 2.24) is 0 Å². The number of sulfonamides is 1. The zero-order valence-corrected chi connectivity index (χ0v) is 21.6. The summed E-state index contributed by atoms with van der Waals surface area (Å²) in [6.45, 7) is 12.9. The molecule has 0 aliphatic heterocycles. The number of aryl methyl sites for hydroxylation is 1. The molecule has 0 amide bonds. The monoisotopic (exact) mass is 549 g/mol. The Morgan fingerprint density at radius 3 is 1.86 bits per heavy atom. The lowest BCUT2D eigenvalue weighted by molar-refractivity contribution is -0.570. The molecule has 2 rings (SSSR count). The maximum absolute atomic E-state index is 13.1. The van der Waals surface area contributed by atoms with Crippen molar-refractivity contribution < 1.29 is 38.3 Å². The summed E-state index contributed by atoms with van der Waals surface area (Å²) in [6, 6.07) is 11.7. The van der Waals surface area contributed by atoms with Crippen LogP contribution in [0.2, 0.25) is 0 Å². The van der Waals surface area contributed by atoms with Crippen LogP contribution < -0.4 is 21.5 Å². The molecule has 0 atom stereocenters. The Morgan fingerprint density at radius 1 is 0.828 bits per heavy atom. The molecular weight excluding hydrogens is 521 g/mol. The summed E-state index contributed by atoms with van der Waals surface area (Å²) in [4.78, 5) is 0.295. The van der Waals surface area contributed by atoms with Gasteiger partial charge >= 0.3 is 0 Å². The molecule has 0 unspecified atom stereocenters. The van der Waals surface area contributed by atoms with Gasteiger partial charge in [0.2, 0.25) is 21.5 Å². The molecule has 0 N–H and O–H groups in total. The van der Waals surface area contributed by atoms with E-state index in [1.807, 2.05) is 27.7 Å². The fourth-order valence-electron chi connectivity index (χ4n) is 2.41. The summed E-state index contributed by atoms with van der Waals surface area (Å²) in [5.41, 5.74) is 1.70. The Labute approximate surface area is 185 Å². The highest BCUT2D eigenvalue weighted by atomic mass is 127. The second-order valence-electron chi connectivity index (χ2n) is 8.95. The molecule has 0 fully saturated rings. The molecule has 2 aromatic carbocycles. The van der Waals surface area contributed by atoms with Crippen LogP contribution in [0, 0.1) is 10.5 Å². The van der Waals surface area contributed by atoms with Crippen LogP contribution in [0.5, 0.6) is 0 Å². The van der Waals surface area contributed by atoms with Gasteiger partial charge in [0.1, 0.15) is 14.9 Å². The highest BCUT2D eigenvalue weighted by Crippen LogP contribution is 2.28. The van der Waals surface area contributed by atoms with E-state index in [4.69, 9.17) is 0 Å². The summed E-state index contributed by atoms with van der Waals surface area (Å²) in [5.74, 6) is 0. The average Bonchev–Trinajstić information content (AvgIpc) is 2.58. The molecule has 0 saturated carbocycles. The van der Waals surface area contributed by atoms with Gasteiger partial charge in [0, 0.05) is 0 Å². The molecule has 5 nitrogen and oxygen atoms in total. The molecule has 0 radical (unpaired) electrons.